The topological polar surface area (TPSA) is 81.7 Å². The number of ether oxygens (including phenoxy) is 2. The molecule has 1 aliphatic heterocycles. The van der Waals surface area contributed by atoms with Gasteiger partial charge in [0.25, 0.3) is 10.0 Å². The van der Waals surface area contributed by atoms with Crippen LogP contribution in [-0.4, -0.2) is 27.1 Å². The first-order valence-electron chi connectivity index (χ1n) is 9.78. The van der Waals surface area contributed by atoms with E-state index in [1.165, 1.54) is 18.4 Å². The molecule has 0 radical (unpaired) electrons. The lowest BCUT2D eigenvalue weighted by molar-refractivity contribution is 0.0601. The van der Waals surface area contributed by atoms with E-state index in [0.29, 0.717) is 10.6 Å². The highest BCUT2D eigenvalue weighted by Gasteiger charge is 2.30. The molecule has 1 aromatic heterocycles. The summed E-state index contributed by atoms with van der Waals surface area (Å²) < 4.78 is 39.7. The third kappa shape index (κ3) is 3.88. The molecule has 2 aliphatic rings. The van der Waals surface area contributed by atoms with Crippen molar-refractivity contribution in [1.29, 1.82) is 0 Å². The maximum absolute atomic E-state index is 13.1. The number of hydrogen-bond donors (Lipinski definition) is 1. The molecule has 29 heavy (non-hydrogen) atoms. The number of aryl methyl sites for hydroxylation is 2. The summed E-state index contributed by atoms with van der Waals surface area (Å²) >= 11 is 1.34. The van der Waals surface area contributed by atoms with Crippen molar-refractivity contribution in [3.63, 3.8) is 0 Å². The van der Waals surface area contributed by atoms with Gasteiger partial charge in [0, 0.05) is 4.88 Å². The number of hydrogen-bond acceptors (Lipinski definition) is 6. The van der Waals surface area contributed by atoms with Crippen LogP contribution in [0.2, 0.25) is 0 Å². The Kier molecular flexibility index (Phi) is 5.11. The first-order chi connectivity index (χ1) is 13.7. The molecule has 0 saturated carbocycles. The standard InChI is InChI=1S/C21H25NO5S2/c1-21(2)11-10-13-12-14(8-9-16(13)27-21)29(24,25)22-19-18(20(23)26-3)15-6-4-5-7-17(15)28-19/h8-9,12,22H,4-7,10-11H2,1-3H3. The van der Waals surface area contributed by atoms with E-state index in [4.69, 9.17) is 9.47 Å². The van der Waals surface area contributed by atoms with Crippen LogP contribution in [0.1, 0.15) is 59.5 Å². The molecule has 0 amide bonds. The zero-order chi connectivity index (χ0) is 20.8. The van der Waals surface area contributed by atoms with Gasteiger partial charge in [0.1, 0.15) is 16.4 Å². The van der Waals surface area contributed by atoms with Gasteiger partial charge in [-0.05, 0) is 81.7 Å². The molecule has 156 valence electrons. The first kappa shape index (κ1) is 20.2. The van der Waals surface area contributed by atoms with Gasteiger partial charge >= 0.3 is 5.97 Å². The van der Waals surface area contributed by atoms with Crippen molar-refractivity contribution in [2.75, 3.05) is 11.8 Å². The minimum absolute atomic E-state index is 0.168. The third-order valence-corrected chi connectivity index (χ3v) is 8.20. The molecular weight excluding hydrogens is 410 g/mol. The molecule has 0 unspecified atom stereocenters. The van der Waals surface area contributed by atoms with Gasteiger partial charge < -0.3 is 9.47 Å². The minimum Gasteiger partial charge on any atom is -0.488 e. The summed E-state index contributed by atoms with van der Waals surface area (Å²) in [6, 6.07) is 4.93. The van der Waals surface area contributed by atoms with Crippen LogP contribution in [0.15, 0.2) is 23.1 Å². The third-order valence-electron chi connectivity index (χ3n) is 5.51. The zero-order valence-corrected chi connectivity index (χ0v) is 18.5. The molecule has 0 atom stereocenters. The van der Waals surface area contributed by atoms with Crippen LogP contribution < -0.4 is 9.46 Å². The van der Waals surface area contributed by atoms with Crippen molar-refractivity contribution < 1.29 is 22.7 Å². The maximum Gasteiger partial charge on any atom is 0.341 e. The number of esters is 1. The molecule has 0 saturated heterocycles. The fourth-order valence-corrected chi connectivity index (χ4v) is 6.57. The molecule has 1 aromatic carbocycles. The van der Waals surface area contributed by atoms with E-state index in [9.17, 15) is 13.2 Å². The Hall–Kier alpha value is -2.06. The predicted octanol–water partition coefficient (Wildman–Crippen LogP) is 4.32. The van der Waals surface area contributed by atoms with E-state index in [1.807, 2.05) is 13.8 Å². The largest absolute Gasteiger partial charge is 0.488 e. The van der Waals surface area contributed by atoms with E-state index in [2.05, 4.69) is 4.72 Å². The van der Waals surface area contributed by atoms with E-state index in [-0.39, 0.29) is 10.5 Å². The Bertz CT molecular complexity index is 1070. The molecule has 8 heteroatoms. The first-order valence-corrected chi connectivity index (χ1v) is 12.1. The zero-order valence-electron chi connectivity index (χ0n) is 16.8. The van der Waals surface area contributed by atoms with Crippen LogP contribution in [0, 0.1) is 0 Å². The molecule has 1 N–H and O–H groups in total. The number of fused-ring (bicyclic) bond motifs is 2. The van der Waals surface area contributed by atoms with Crippen LogP contribution >= 0.6 is 11.3 Å². The van der Waals surface area contributed by atoms with Gasteiger partial charge in [-0.25, -0.2) is 13.2 Å². The van der Waals surface area contributed by atoms with E-state index < -0.39 is 16.0 Å². The Balaban J connectivity index is 1.68. The molecule has 0 fully saturated rings. The monoisotopic (exact) mass is 435 g/mol. The minimum atomic E-state index is -3.84. The number of carbonyl (C=O) groups excluding carboxylic acids is 1. The number of thiophene rings is 1. The summed E-state index contributed by atoms with van der Waals surface area (Å²) in [4.78, 5) is 13.6. The van der Waals surface area contributed by atoms with Crippen LogP contribution in [0.5, 0.6) is 5.75 Å². The summed E-state index contributed by atoms with van der Waals surface area (Å²) in [7, 11) is -2.52. The highest BCUT2D eigenvalue weighted by atomic mass is 32.2. The highest BCUT2D eigenvalue weighted by Crippen LogP contribution is 2.40. The fraction of sp³-hybridized carbons (Fsp3) is 0.476. The molecule has 2 heterocycles. The van der Waals surface area contributed by atoms with Crippen molar-refractivity contribution in [1.82, 2.24) is 0 Å². The number of rotatable bonds is 4. The summed E-state index contributed by atoms with van der Waals surface area (Å²) in [5.41, 5.74) is 1.91. The summed E-state index contributed by atoms with van der Waals surface area (Å²) in [5, 5.41) is 0.346. The highest BCUT2D eigenvalue weighted by molar-refractivity contribution is 7.93. The van der Waals surface area contributed by atoms with Crippen molar-refractivity contribution >= 4 is 32.3 Å². The van der Waals surface area contributed by atoms with Crippen molar-refractivity contribution in [3.8, 4) is 5.75 Å². The smallest absolute Gasteiger partial charge is 0.341 e. The number of anilines is 1. The molecule has 1 aliphatic carbocycles. The van der Waals surface area contributed by atoms with Crippen LogP contribution in [-0.2, 0) is 34.0 Å². The molecule has 6 nitrogen and oxygen atoms in total. The predicted molar refractivity (Wildman–Crippen MR) is 113 cm³/mol. The fourth-order valence-electron chi connectivity index (χ4n) is 3.94. The summed E-state index contributed by atoms with van der Waals surface area (Å²) in [6.45, 7) is 4.05. The average Bonchev–Trinajstić information content (AvgIpc) is 3.03. The maximum atomic E-state index is 13.1. The lowest BCUT2D eigenvalue weighted by atomic mass is 9.94. The second-order valence-electron chi connectivity index (χ2n) is 8.14. The van der Waals surface area contributed by atoms with Crippen molar-refractivity contribution in [3.05, 3.63) is 39.8 Å². The molecule has 4 rings (SSSR count). The lowest BCUT2D eigenvalue weighted by Crippen LogP contribution is -2.32. The Morgan fingerprint density at radius 3 is 2.72 bits per heavy atom. The van der Waals surface area contributed by atoms with Gasteiger partial charge in [-0.15, -0.1) is 11.3 Å². The van der Waals surface area contributed by atoms with Gasteiger partial charge in [-0.1, -0.05) is 0 Å². The van der Waals surface area contributed by atoms with E-state index >= 15 is 0 Å². The van der Waals surface area contributed by atoms with Gasteiger partial charge in [-0.3, -0.25) is 4.72 Å². The average molecular weight is 436 g/mol. The van der Waals surface area contributed by atoms with Gasteiger partial charge in [0.2, 0.25) is 0 Å². The summed E-state index contributed by atoms with van der Waals surface area (Å²) in [6.07, 6.45) is 5.23. The Morgan fingerprint density at radius 2 is 1.97 bits per heavy atom. The normalized spacial score (nSPS) is 17.6. The number of benzene rings is 1. The van der Waals surface area contributed by atoms with Crippen LogP contribution in [0.4, 0.5) is 5.00 Å². The van der Waals surface area contributed by atoms with Crippen LogP contribution in [0.3, 0.4) is 0 Å². The van der Waals surface area contributed by atoms with E-state index in [1.54, 1.807) is 18.2 Å². The van der Waals surface area contributed by atoms with Crippen molar-refractivity contribution in [2.45, 2.75) is 62.9 Å². The molecular formula is C21H25NO5S2. The van der Waals surface area contributed by atoms with Crippen molar-refractivity contribution in [2.24, 2.45) is 0 Å². The van der Waals surface area contributed by atoms with Crippen LogP contribution in [0.25, 0.3) is 0 Å². The molecule has 0 bridgehead atoms. The number of carbonyl (C=O) groups is 1. The van der Waals surface area contributed by atoms with Gasteiger partial charge in [-0.2, -0.15) is 0 Å². The van der Waals surface area contributed by atoms with E-state index in [0.717, 1.165) is 60.3 Å². The lowest BCUT2D eigenvalue weighted by Gasteiger charge is -2.32. The quantitative estimate of drug-likeness (QED) is 0.724. The number of methoxy groups -OCH3 is 1. The number of nitrogens with one attached hydrogen (secondary N) is 1. The second-order valence-corrected chi connectivity index (χ2v) is 10.9. The second kappa shape index (κ2) is 7.32. The van der Waals surface area contributed by atoms with Gasteiger partial charge in [0.15, 0.2) is 0 Å². The molecule has 2 aromatic rings. The Morgan fingerprint density at radius 1 is 1.21 bits per heavy atom. The van der Waals surface area contributed by atoms with Gasteiger partial charge in [0.05, 0.1) is 17.6 Å². The number of sulfonamides is 1. The summed E-state index contributed by atoms with van der Waals surface area (Å²) in [5.74, 6) is 0.227. The SMILES string of the molecule is COC(=O)c1c(NS(=O)(=O)c2ccc3c(c2)CCC(C)(C)O3)sc2c1CCCC2. The Labute approximate surface area is 175 Å². The molecule has 0 spiro atoms.